The van der Waals surface area contributed by atoms with Crippen LogP contribution < -0.4 is 10.6 Å². The molecule has 18 heavy (non-hydrogen) atoms. The van der Waals surface area contributed by atoms with E-state index in [1.165, 1.54) is 0 Å². The number of aryl methyl sites for hydroxylation is 1. The molecule has 0 radical (unpaired) electrons. The van der Waals surface area contributed by atoms with Crippen LogP contribution in [0.5, 0.6) is 0 Å². The summed E-state index contributed by atoms with van der Waals surface area (Å²) in [5, 5.41) is 5.90. The lowest BCUT2D eigenvalue weighted by atomic mass is 10.3. The predicted molar refractivity (Wildman–Crippen MR) is 70.3 cm³/mol. The van der Waals surface area contributed by atoms with Crippen LogP contribution >= 0.6 is 0 Å². The van der Waals surface area contributed by atoms with Crippen molar-refractivity contribution in [2.24, 2.45) is 7.05 Å². The summed E-state index contributed by atoms with van der Waals surface area (Å²) in [6, 6.07) is 1.91. The summed E-state index contributed by atoms with van der Waals surface area (Å²) in [5.74, 6) is 0.760. The van der Waals surface area contributed by atoms with E-state index in [0.29, 0.717) is 19.5 Å². The molecule has 0 saturated heterocycles. The number of nitrogens with zero attached hydrogens (tertiary/aromatic N) is 3. The standard InChI is InChI=1S/C12H17N5O/c1-3-13-10(18)5-7-15-12-11-9(4-6-14-12)17(2)8-16-11/h4,6,8H,3,5,7H2,1-2H3,(H,13,18)(H,14,15). The lowest BCUT2D eigenvalue weighted by molar-refractivity contribution is -0.120. The van der Waals surface area contributed by atoms with Gasteiger partial charge in [0.25, 0.3) is 0 Å². The number of carbonyl (C=O) groups excluding carboxylic acids is 1. The first-order valence-electron chi connectivity index (χ1n) is 5.99. The number of imidazole rings is 1. The van der Waals surface area contributed by atoms with Crippen LogP contribution in [0.4, 0.5) is 5.82 Å². The van der Waals surface area contributed by atoms with Crippen molar-refractivity contribution in [3.8, 4) is 0 Å². The van der Waals surface area contributed by atoms with Crippen molar-refractivity contribution in [2.45, 2.75) is 13.3 Å². The van der Waals surface area contributed by atoms with Crippen molar-refractivity contribution in [1.29, 1.82) is 0 Å². The maximum Gasteiger partial charge on any atom is 0.221 e. The quantitative estimate of drug-likeness (QED) is 0.823. The van der Waals surface area contributed by atoms with Crippen LogP contribution in [0.25, 0.3) is 11.0 Å². The molecule has 6 heteroatoms. The summed E-state index contributed by atoms with van der Waals surface area (Å²) in [4.78, 5) is 19.8. The van der Waals surface area contributed by atoms with Crippen molar-refractivity contribution < 1.29 is 4.79 Å². The highest BCUT2D eigenvalue weighted by atomic mass is 16.1. The number of rotatable bonds is 5. The Labute approximate surface area is 105 Å². The van der Waals surface area contributed by atoms with Crippen LogP contribution in [0.15, 0.2) is 18.6 Å². The number of hydrogen-bond donors (Lipinski definition) is 2. The molecule has 96 valence electrons. The van der Waals surface area contributed by atoms with Crippen LogP contribution in [-0.4, -0.2) is 33.5 Å². The SMILES string of the molecule is CCNC(=O)CCNc1nccc2c1ncn2C. The summed E-state index contributed by atoms with van der Waals surface area (Å²) in [6.45, 7) is 3.11. The van der Waals surface area contributed by atoms with Gasteiger partial charge in [-0.25, -0.2) is 9.97 Å². The Hall–Kier alpha value is -2.11. The highest BCUT2D eigenvalue weighted by Crippen LogP contribution is 2.18. The minimum Gasteiger partial charge on any atom is -0.368 e. The molecule has 1 amide bonds. The molecule has 2 aromatic rings. The summed E-state index contributed by atoms with van der Waals surface area (Å²) < 4.78 is 1.94. The molecule has 0 unspecified atom stereocenters. The Kier molecular flexibility index (Phi) is 3.76. The van der Waals surface area contributed by atoms with Gasteiger partial charge in [0.05, 0.1) is 11.8 Å². The first kappa shape index (κ1) is 12.3. The van der Waals surface area contributed by atoms with Gasteiger partial charge in [-0.2, -0.15) is 0 Å². The lowest BCUT2D eigenvalue weighted by Crippen LogP contribution is -2.24. The topological polar surface area (TPSA) is 71.8 Å². The van der Waals surface area contributed by atoms with Crippen LogP contribution in [0, 0.1) is 0 Å². The summed E-state index contributed by atoms with van der Waals surface area (Å²) in [5.41, 5.74) is 1.85. The van der Waals surface area contributed by atoms with E-state index < -0.39 is 0 Å². The van der Waals surface area contributed by atoms with Crippen molar-refractivity contribution in [2.75, 3.05) is 18.4 Å². The average molecular weight is 247 g/mol. The highest BCUT2D eigenvalue weighted by Gasteiger charge is 2.06. The van der Waals surface area contributed by atoms with Gasteiger partial charge in [-0.15, -0.1) is 0 Å². The predicted octanol–water partition coefficient (Wildman–Crippen LogP) is 0.906. The second-order valence-corrected chi connectivity index (χ2v) is 4.01. The van der Waals surface area contributed by atoms with Crippen molar-refractivity contribution in [3.63, 3.8) is 0 Å². The van der Waals surface area contributed by atoms with E-state index in [2.05, 4.69) is 20.6 Å². The second kappa shape index (κ2) is 5.48. The number of pyridine rings is 1. The third kappa shape index (κ3) is 2.58. The van der Waals surface area contributed by atoms with E-state index in [1.807, 2.05) is 24.6 Å². The van der Waals surface area contributed by atoms with E-state index in [0.717, 1.165) is 16.9 Å². The number of aromatic nitrogens is 3. The fourth-order valence-electron chi connectivity index (χ4n) is 1.77. The van der Waals surface area contributed by atoms with Gasteiger partial charge in [0.1, 0.15) is 5.52 Å². The van der Waals surface area contributed by atoms with Crippen LogP contribution in [0.3, 0.4) is 0 Å². The molecule has 0 aromatic carbocycles. The molecule has 2 rings (SSSR count). The molecule has 0 saturated carbocycles. The van der Waals surface area contributed by atoms with Crippen molar-refractivity contribution >= 4 is 22.8 Å². The number of anilines is 1. The molecule has 0 atom stereocenters. The van der Waals surface area contributed by atoms with Crippen LogP contribution in [0.2, 0.25) is 0 Å². The van der Waals surface area contributed by atoms with E-state index in [1.54, 1.807) is 12.5 Å². The molecule has 2 heterocycles. The van der Waals surface area contributed by atoms with Gasteiger partial charge in [-0.05, 0) is 13.0 Å². The van der Waals surface area contributed by atoms with Gasteiger partial charge in [0.2, 0.25) is 5.91 Å². The van der Waals surface area contributed by atoms with Gasteiger partial charge in [0.15, 0.2) is 5.82 Å². The normalized spacial score (nSPS) is 10.6. The van der Waals surface area contributed by atoms with Crippen molar-refractivity contribution in [3.05, 3.63) is 18.6 Å². The molecule has 0 bridgehead atoms. The zero-order valence-corrected chi connectivity index (χ0v) is 10.6. The molecule has 0 aliphatic carbocycles. The third-order valence-corrected chi connectivity index (χ3v) is 2.66. The number of carbonyl (C=O) groups is 1. The minimum absolute atomic E-state index is 0.0400. The van der Waals surface area contributed by atoms with Gasteiger partial charge < -0.3 is 15.2 Å². The molecule has 2 aromatic heterocycles. The zero-order chi connectivity index (χ0) is 13.0. The number of amides is 1. The summed E-state index contributed by atoms with van der Waals surface area (Å²) in [7, 11) is 1.94. The van der Waals surface area contributed by atoms with Crippen LogP contribution in [0.1, 0.15) is 13.3 Å². The molecule has 0 aliphatic heterocycles. The summed E-state index contributed by atoms with van der Waals surface area (Å²) in [6.07, 6.45) is 3.92. The Morgan fingerprint density at radius 2 is 2.28 bits per heavy atom. The molecule has 0 fully saturated rings. The van der Waals surface area contributed by atoms with E-state index >= 15 is 0 Å². The van der Waals surface area contributed by atoms with E-state index in [9.17, 15) is 4.79 Å². The molecular formula is C12H17N5O. The Balaban J connectivity index is 2.01. The highest BCUT2D eigenvalue weighted by molar-refractivity contribution is 5.86. The summed E-state index contributed by atoms with van der Waals surface area (Å²) >= 11 is 0. The number of nitrogens with one attached hydrogen (secondary N) is 2. The van der Waals surface area contributed by atoms with Gasteiger partial charge >= 0.3 is 0 Å². The number of fused-ring (bicyclic) bond motifs is 1. The van der Waals surface area contributed by atoms with Gasteiger partial charge in [-0.3, -0.25) is 4.79 Å². The Bertz CT molecular complexity index is 548. The minimum atomic E-state index is 0.0400. The third-order valence-electron chi connectivity index (χ3n) is 2.66. The first-order chi connectivity index (χ1) is 8.72. The van der Waals surface area contributed by atoms with Crippen LogP contribution in [-0.2, 0) is 11.8 Å². The van der Waals surface area contributed by atoms with Crippen molar-refractivity contribution in [1.82, 2.24) is 19.9 Å². The van der Waals surface area contributed by atoms with E-state index in [-0.39, 0.29) is 5.91 Å². The molecule has 2 N–H and O–H groups in total. The smallest absolute Gasteiger partial charge is 0.221 e. The maximum absolute atomic E-state index is 11.3. The monoisotopic (exact) mass is 247 g/mol. The average Bonchev–Trinajstić information content (AvgIpc) is 2.73. The fraction of sp³-hybridized carbons (Fsp3) is 0.417. The molecule has 0 aliphatic rings. The molecular weight excluding hydrogens is 230 g/mol. The maximum atomic E-state index is 11.3. The fourth-order valence-corrected chi connectivity index (χ4v) is 1.77. The molecule has 6 nitrogen and oxygen atoms in total. The molecule has 0 spiro atoms. The van der Waals surface area contributed by atoms with E-state index in [4.69, 9.17) is 0 Å². The lowest BCUT2D eigenvalue weighted by Gasteiger charge is -2.06. The first-order valence-corrected chi connectivity index (χ1v) is 5.99. The largest absolute Gasteiger partial charge is 0.368 e. The second-order valence-electron chi connectivity index (χ2n) is 4.01. The zero-order valence-electron chi connectivity index (χ0n) is 10.6. The Morgan fingerprint density at radius 3 is 3.06 bits per heavy atom. The van der Waals surface area contributed by atoms with Gasteiger partial charge in [-0.1, -0.05) is 0 Å². The number of hydrogen-bond acceptors (Lipinski definition) is 4. The van der Waals surface area contributed by atoms with Gasteiger partial charge in [0, 0.05) is 32.8 Å². The Morgan fingerprint density at radius 1 is 1.44 bits per heavy atom.